The van der Waals surface area contributed by atoms with Crippen molar-refractivity contribution < 1.29 is 9.90 Å². The molecular formula is C29H27N3O2. The molecule has 0 radical (unpaired) electrons. The quantitative estimate of drug-likeness (QED) is 0.392. The maximum Gasteiger partial charge on any atom is 0.213 e. The number of phenols is 1. The number of anilines is 1. The molecule has 2 aromatic carbocycles. The number of rotatable bonds is 5. The summed E-state index contributed by atoms with van der Waals surface area (Å²) in [5, 5.41) is 10.2. The molecular weight excluding hydrogens is 422 g/mol. The van der Waals surface area contributed by atoms with Crippen molar-refractivity contribution in [3.8, 4) is 16.9 Å². The van der Waals surface area contributed by atoms with Crippen LogP contribution in [0.1, 0.15) is 46.1 Å². The molecule has 1 unspecified atom stereocenters. The first kappa shape index (κ1) is 21.8. The summed E-state index contributed by atoms with van der Waals surface area (Å²) in [7, 11) is 0. The number of aromatic nitrogens is 2. The van der Waals surface area contributed by atoms with Gasteiger partial charge in [0.15, 0.2) is 0 Å². The maximum absolute atomic E-state index is 13.5. The molecule has 3 heterocycles. The van der Waals surface area contributed by atoms with Crippen molar-refractivity contribution >= 4 is 11.6 Å². The molecule has 1 aliphatic rings. The smallest absolute Gasteiger partial charge is 0.213 e. The Morgan fingerprint density at radius 1 is 1.00 bits per heavy atom. The third kappa shape index (κ3) is 4.42. The van der Waals surface area contributed by atoms with Crippen LogP contribution in [0.25, 0.3) is 11.1 Å². The van der Waals surface area contributed by atoms with Crippen LogP contribution in [0.15, 0.2) is 85.1 Å². The second kappa shape index (κ2) is 9.48. The van der Waals surface area contributed by atoms with Gasteiger partial charge in [0.25, 0.3) is 0 Å². The predicted octanol–water partition coefficient (Wildman–Crippen LogP) is 5.77. The minimum absolute atomic E-state index is 0.157. The molecule has 5 nitrogen and oxygen atoms in total. The number of carbonyl (C=O) groups is 1. The Morgan fingerprint density at radius 3 is 2.62 bits per heavy atom. The summed E-state index contributed by atoms with van der Waals surface area (Å²) in [6.45, 7) is 3.64. The van der Waals surface area contributed by atoms with E-state index in [1.54, 1.807) is 30.5 Å². The van der Waals surface area contributed by atoms with Crippen LogP contribution in [-0.4, -0.2) is 33.9 Å². The summed E-state index contributed by atoms with van der Waals surface area (Å²) in [6.07, 6.45) is 3.93. The van der Waals surface area contributed by atoms with Crippen LogP contribution in [0.2, 0.25) is 0 Å². The summed E-state index contributed by atoms with van der Waals surface area (Å²) < 4.78 is 0. The van der Waals surface area contributed by atoms with E-state index in [0.717, 1.165) is 31.7 Å². The number of ketones is 1. The molecule has 0 saturated carbocycles. The van der Waals surface area contributed by atoms with E-state index in [2.05, 4.69) is 34.1 Å². The number of nitrogens with zero attached hydrogens (tertiary/aromatic N) is 3. The Labute approximate surface area is 199 Å². The first-order valence-electron chi connectivity index (χ1n) is 11.7. The van der Waals surface area contributed by atoms with Crippen molar-refractivity contribution in [3.63, 3.8) is 0 Å². The summed E-state index contributed by atoms with van der Waals surface area (Å²) >= 11 is 0. The Kier molecular flexibility index (Phi) is 6.09. The molecule has 0 bridgehead atoms. The van der Waals surface area contributed by atoms with Crippen molar-refractivity contribution in [1.29, 1.82) is 0 Å². The lowest BCUT2D eigenvalue weighted by Crippen LogP contribution is -2.35. The van der Waals surface area contributed by atoms with Gasteiger partial charge in [-0.2, -0.15) is 0 Å². The number of para-hydroxylation sites is 1. The van der Waals surface area contributed by atoms with Gasteiger partial charge in [0.2, 0.25) is 5.78 Å². The number of pyridine rings is 2. The van der Waals surface area contributed by atoms with Gasteiger partial charge in [0, 0.05) is 47.6 Å². The highest BCUT2D eigenvalue weighted by atomic mass is 16.3. The van der Waals surface area contributed by atoms with Gasteiger partial charge in [-0.15, -0.1) is 0 Å². The second-order valence-corrected chi connectivity index (χ2v) is 8.78. The molecule has 1 saturated heterocycles. The third-order valence-electron chi connectivity index (χ3n) is 6.53. The van der Waals surface area contributed by atoms with Crippen LogP contribution in [0.5, 0.6) is 5.75 Å². The van der Waals surface area contributed by atoms with Crippen LogP contribution < -0.4 is 4.90 Å². The van der Waals surface area contributed by atoms with Crippen molar-refractivity contribution in [2.45, 2.75) is 25.7 Å². The van der Waals surface area contributed by atoms with Gasteiger partial charge >= 0.3 is 0 Å². The topological polar surface area (TPSA) is 66.3 Å². The largest absolute Gasteiger partial charge is 0.507 e. The fourth-order valence-electron chi connectivity index (χ4n) is 4.67. The van der Waals surface area contributed by atoms with E-state index < -0.39 is 0 Å². The van der Waals surface area contributed by atoms with Crippen LogP contribution in [0.3, 0.4) is 0 Å². The molecule has 34 heavy (non-hydrogen) atoms. The number of piperidine rings is 1. The number of benzene rings is 2. The molecule has 2 aromatic heterocycles. The van der Waals surface area contributed by atoms with Crippen LogP contribution in [0, 0.1) is 6.92 Å². The van der Waals surface area contributed by atoms with E-state index in [-0.39, 0.29) is 11.5 Å². The van der Waals surface area contributed by atoms with Gasteiger partial charge in [-0.25, -0.2) is 4.98 Å². The normalized spacial score (nSPS) is 15.8. The number of hydrogen-bond acceptors (Lipinski definition) is 5. The lowest BCUT2D eigenvalue weighted by atomic mass is 9.90. The Hall–Kier alpha value is -3.99. The molecule has 0 aliphatic carbocycles. The molecule has 0 amide bonds. The number of phenolic OH excluding ortho intramolecular Hbond substituents is 1. The lowest BCUT2D eigenvalue weighted by molar-refractivity contribution is 0.103. The first-order valence-corrected chi connectivity index (χ1v) is 11.7. The fourth-order valence-corrected chi connectivity index (χ4v) is 4.67. The number of aryl methyl sites for hydroxylation is 1. The third-order valence-corrected chi connectivity index (χ3v) is 6.53. The van der Waals surface area contributed by atoms with E-state index in [1.807, 2.05) is 37.3 Å². The van der Waals surface area contributed by atoms with Crippen molar-refractivity contribution in [1.82, 2.24) is 9.97 Å². The van der Waals surface area contributed by atoms with Gasteiger partial charge in [-0.1, -0.05) is 54.6 Å². The molecule has 170 valence electrons. The van der Waals surface area contributed by atoms with E-state index >= 15 is 0 Å². The Balaban J connectivity index is 1.42. The van der Waals surface area contributed by atoms with Crippen molar-refractivity contribution in [2.75, 3.05) is 18.0 Å². The molecule has 4 aromatic rings. The zero-order chi connectivity index (χ0) is 23.5. The molecule has 1 fully saturated rings. The second-order valence-electron chi connectivity index (χ2n) is 8.78. The molecule has 5 heteroatoms. The minimum Gasteiger partial charge on any atom is -0.507 e. The van der Waals surface area contributed by atoms with Gasteiger partial charge in [-0.3, -0.25) is 9.78 Å². The predicted molar refractivity (Wildman–Crippen MR) is 134 cm³/mol. The summed E-state index contributed by atoms with van der Waals surface area (Å²) in [5.41, 5.74) is 4.22. The van der Waals surface area contributed by atoms with Crippen LogP contribution in [0.4, 0.5) is 5.82 Å². The van der Waals surface area contributed by atoms with E-state index in [0.29, 0.717) is 34.0 Å². The summed E-state index contributed by atoms with van der Waals surface area (Å²) in [6, 6.07) is 25.1. The van der Waals surface area contributed by atoms with Gasteiger partial charge in [0.05, 0.1) is 0 Å². The SMILES string of the molecule is Cc1ncc(-c2ccccc2O)cc1C(=O)c1cccc(N2CCCC(c3ccccc3)C2)n1. The highest BCUT2D eigenvalue weighted by molar-refractivity contribution is 6.09. The summed E-state index contributed by atoms with van der Waals surface area (Å²) in [5.74, 6) is 1.28. The average molecular weight is 450 g/mol. The van der Waals surface area contributed by atoms with Gasteiger partial charge < -0.3 is 10.0 Å². The molecule has 5 rings (SSSR count). The van der Waals surface area contributed by atoms with E-state index in [4.69, 9.17) is 4.98 Å². The van der Waals surface area contributed by atoms with Crippen LogP contribution in [-0.2, 0) is 0 Å². The molecule has 1 aliphatic heterocycles. The minimum atomic E-state index is -0.166. The lowest BCUT2D eigenvalue weighted by Gasteiger charge is -2.34. The molecule has 0 spiro atoms. The first-order chi connectivity index (χ1) is 16.6. The van der Waals surface area contributed by atoms with Gasteiger partial charge in [0.1, 0.15) is 17.3 Å². The monoisotopic (exact) mass is 449 g/mol. The highest BCUT2D eigenvalue weighted by Gasteiger charge is 2.23. The average Bonchev–Trinajstić information content (AvgIpc) is 2.90. The van der Waals surface area contributed by atoms with Crippen molar-refractivity contribution in [2.24, 2.45) is 0 Å². The zero-order valence-electron chi connectivity index (χ0n) is 19.2. The zero-order valence-corrected chi connectivity index (χ0v) is 19.2. The van der Waals surface area contributed by atoms with E-state index in [9.17, 15) is 9.90 Å². The number of hydrogen-bond donors (Lipinski definition) is 1. The van der Waals surface area contributed by atoms with Crippen LogP contribution >= 0.6 is 0 Å². The van der Waals surface area contributed by atoms with Gasteiger partial charge in [-0.05, 0) is 49.6 Å². The van der Waals surface area contributed by atoms with E-state index in [1.165, 1.54) is 5.56 Å². The Bertz CT molecular complexity index is 1320. The summed E-state index contributed by atoms with van der Waals surface area (Å²) in [4.78, 5) is 24.9. The van der Waals surface area contributed by atoms with Crippen molar-refractivity contribution in [3.05, 3.63) is 108 Å². The molecule has 1 atom stereocenters. The standard InChI is InChI=1S/C29H27N3O2/c1-20-25(17-23(18-30-20)24-12-5-6-14-27(24)33)29(34)26-13-7-15-28(31-26)32-16-8-11-22(19-32)21-9-3-2-4-10-21/h2-7,9-10,12-15,17-18,22,33H,8,11,16,19H2,1H3. The Morgan fingerprint density at radius 2 is 1.79 bits per heavy atom. The number of aromatic hydroxyl groups is 1. The molecule has 1 N–H and O–H groups in total. The number of carbonyl (C=O) groups excluding carboxylic acids is 1. The maximum atomic E-state index is 13.5. The highest BCUT2D eigenvalue weighted by Crippen LogP contribution is 2.31. The fraction of sp³-hybridized carbons (Fsp3) is 0.207.